The van der Waals surface area contributed by atoms with E-state index in [9.17, 15) is 14.9 Å². The van der Waals surface area contributed by atoms with Gasteiger partial charge >= 0.3 is 0 Å². The van der Waals surface area contributed by atoms with Crippen LogP contribution in [0.4, 0.5) is 5.00 Å². The average molecular weight is 404 g/mol. The molecule has 0 unspecified atom stereocenters. The zero-order chi connectivity index (χ0) is 20.5. The lowest BCUT2D eigenvalue weighted by molar-refractivity contribution is -0.112. The first kappa shape index (κ1) is 19.0. The number of nitriles is 1. The topological polar surface area (TPSA) is 101 Å². The fourth-order valence-electron chi connectivity index (χ4n) is 3.88. The first-order valence-corrected chi connectivity index (χ1v) is 10.2. The van der Waals surface area contributed by atoms with Gasteiger partial charge in [0, 0.05) is 34.6 Å². The van der Waals surface area contributed by atoms with E-state index in [-0.39, 0.29) is 5.57 Å². The number of aromatic nitrogens is 1. The van der Waals surface area contributed by atoms with Crippen molar-refractivity contribution in [3.8, 4) is 6.07 Å². The molecule has 29 heavy (non-hydrogen) atoms. The minimum Gasteiger partial charge on any atom is -0.365 e. The maximum absolute atomic E-state index is 12.8. The standard InChI is InChI=1S/C22H20N4O2S/c1-26-12-14(15-6-2-4-8-17(15)26)10-13(11-23)21(28)25-22-19(20(24)27)16-7-3-5-9-18(16)29-22/h2,4,6,8,10,12H,3,5,7,9H2,1H3,(H2,24,27)(H,25,28)/b13-10+. The summed E-state index contributed by atoms with van der Waals surface area (Å²) in [6.45, 7) is 0. The van der Waals surface area contributed by atoms with Crippen molar-refractivity contribution < 1.29 is 9.59 Å². The van der Waals surface area contributed by atoms with Crippen molar-refractivity contribution in [3.05, 3.63) is 57.6 Å². The third-order valence-electron chi connectivity index (χ3n) is 5.24. The molecule has 1 aliphatic carbocycles. The molecule has 3 aromatic rings. The maximum atomic E-state index is 12.8. The van der Waals surface area contributed by atoms with Gasteiger partial charge in [-0.3, -0.25) is 9.59 Å². The minimum atomic E-state index is -0.545. The molecule has 0 bridgehead atoms. The summed E-state index contributed by atoms with van der Waals surface area (Å²) >= 11 is 1.39. The molecule has 2 amide bonds. The molecule has 1 aliphatic rings. The van der Waals surface area contributed by atoms with Crippen molar-refractivity contribution in [1.29, 1.82) is 5.26 Å². The number of hydrogen-bond acceptors (Lipinski definition) is 4. The van der Waals surface area contributed by atoms with E-state index in [1.165, 1.54) is 11.3 Å². The van der Waals surface area contributed by atoms with E-state index in [2.05, 4.69) is 5.32 Å². The van der Waals surface area contributed by atoms with Crippen LogP contribution in [-0.4, -0.2) is 16.4 Å². The van der Waals surface area contributed by atoms with Crippen molar-refractivity contribution in [3.63, 3.8) is 0 Å². The minimum absolute atomic E-state index is 0.0249. The second-order valence-corrected chi connectivity index (χ2v) is 8.22. The fourth-order valence-corrected chi connectivity index (χ4v) is 5.17. The van der Waals surface area contributed by atoms with Gasteiger partial charge in [0.05, 0.1) is 5.56 Å². The summed E-state index contributed by atoms with van der Waals surface area (Å²) < 4.78 is 1.95. The molecule has 6 nitrogen and oxygen atoms in total. The summed E-state index contributed by atoms with van der Waals surface area (Å²) in [5, 5.41) is 13.7. The summed E-state index contributed by atoms with van der Waals surface area (Å²) in [6, 6.07) is 9.77. The number of carbonyl (C=O) groups is 2. The molecule has 0 saturated carbocycles. The molecule has 0 radical (unpaired) electrons. The van der Waals surface area contributed by atoms with Crippen LogP contribution in [0.25, 0.3) is 17.0 Å². The molecule has 0 atom stereocenters. The number of nitrogens with zero attached hydrogens (tertiary/aromatic N) is 2. The number of anilines is 1. The Kier molecular flexibility index (Phi) is 4.95. The highest BCUT2D eigenvalue weighted by molar-refractivity contribution is 7.17. The Morgan fingerprint density at radius 2 is 2.03 bits per heavy atom. The van der Waals surface area contributed by atoms with Crippen molar-refractivity contribution in [2.45, 2.75) is 25.7 Å². The Morgan fingerprint density at radius 1 is 1.28 bits per heavy atom. The van der Waals surface area contributed by atoms with Gasteiger partial charge in [0.2, 0.25) is 0 Å². The molecule has 7 heteroatoms. The van der Waals surface area contributed by atoms with E-state index in [0.717, 1.165) is 52.6 Å². The third kappa shape index (κ3) is 3.43. The lowest BCUT2D eigenvalue weighted by Gasteiger charge is -2.11. The second-order valence-electron chi connectivity index (χ2n) is 7.12. The van der Waals surface area contributed by atoms with Crippen LogP contribution in [0.2, 0.25) is 0 Å². The number of hydrogen-bond donors (Lipinski definition) is 2. The van der Waals surface area contributed by atoms with Crippen LogP contribution in [0.3, 0.4) is 0 Å². The molecular weight excluding hydrogens is 384 g/mol. The van der Waals surface area contributed by atoms with E-state index < -0.39 is 11.8 Å². The van der Waals surface area contributed by atoms with Crippen molar-refractivity contribution in [1.82, 2.24) is 4.57 Å². The van der Waals surface area contributed by atoms with Crippen LogP contribution in [0.1, 0.15) is 39.2 Å². The number of para-hydroxylation sites is 1. The third-order valence-corrected chi connectivity index (χ3v) is 6.44. The normalized spacial score (nSPS) is 13.7. The van der Waals surface area contributed by atoms with E-state index in [4.69, 9.17) is 5.73 Å². The number of primary amides is 1. The van der Waals surface area contributed by atoms with Crippen molar-refractivity contribution >= 4 is 45.1 Å². The molecule has 0 aliphatic heterocycles. The molecule has 0 spiro atoms. The Hall–Kier alpha value is -3.37. The molecule has 0 fully saturated rings. The van der Waals surface area contributed by atoms with Gasteiger partial charge in [0.15, 0.2) is 0 Å². The number of thiophene rings is 1. The first-order valence-electron chi connectivity index (χ1n) is 9.41. The number of carbonyl (C=O) groups excluding carboxylic acids is 2. The number of rotatable bonds is 4. The van der Waals surface area contributed by atoms with Crippen molar-refractivity contribution in [2.75, 3.05) is 5.32 Å². The lowest BCUT2D eigenvalue weighted by atomic mass is 9.95. The Labute approximate surface area is 172 Å². The fraction of sp³-hybridized carbons (Fsp3) is 0.227. The van der Waals surface area contributed by atoms with Gasteiger partial charge in [0.1, 0.15) is 16.6 Å². The van der Waals surface area contributed by atoms with Crippen LogP contribution in [0.15, 0.2) is 36.0 Å². The summed E-state index contributed by atoms with van der Waals surface area (Å²) in [5.74, 6) is -1.09. The van der Waals surface area contributed by atoms with Gasteiger partial charge in [-0.15, -0.1) is 11.3 Å². The van der Waals surface area contributed by atoms with Crippen LogP contribution < -0.4 is 11.1 Å². The van der Waals surface area contributed by atoms with E-state index in [1.54, 1.807) is 6.08 Å². The molecule has 2 aromatic heterocycles. The predicted octanol–water partition coefficient (Wildman–Crippen LogP) is 3.76. The average Bonchev–Trinajstić information content (AvgIpc) is 3.23. The lowest BCUT2D eigenvalue weighted by Crippen LogP contribution is -2.19. The van der Waals surface area contributed by atoms with Crippen LogP contribution >= 0.6 is 11.3 Å². The number of fused-ring (bicyclic) bond motifs is 2. The highest BCUT2D eigenvalue weighted by Gasteiger charge is 2.25. The monoisotopic (exact) mass is 404 g/mol. The Bertz CT molecular complexity index is 1210. The molecular formula is C22H20N4O2S. The van der Waals surface area contributed by atoms with E-state index in [0.29, 0.717) is 10.6 Å². The van der Waals surface area contributed by atoms with E-state index in [1.807, 2.05) is 48.1 Å². The van der Waals surface area contributed by atoms with Crippen LogP contribution in [0.5, 0.6) is 0 Å². The Morgan fingerprint density at radius 3 is 2.79 bits per heavy atom. The Balaban J connectivity index is 1.69. The summed E-state index contributed by atoms with van der Waals surface area (Å²) in [5.41, 5.74) is 8.70. The number of benzene rings is 1. The summed E-state index contributed by atoms with van der Waals surface area (Å²) in [6.07, 6.45) is 7.19. The van der Waals surface area contributed by atoms with Gasteiger partial charge in [-0.1, -0.05) is 18.2 Å². The summed E-state index contributed by atoms with van der Waals surface area (Å²) in [7, 11) is 1.92. The largest absolute Gasteiger partial charge is 0.365 e. The van der Waals surface area contributed by atoms with Gasteiger partial charge in [0.25, 0.3) is 11.8 Å². The molecule has 4 rings (SSSR count). The molecule has 0 saturated heterocycles. The van der Waals surface area contributed by atoms with Gasteiger partial charge in [-0.05, 0) is 43.4 Å². The second kappa shape index (κ2) is 7.57. The maximum Gasteiger partial charge on any atom is 0.266 e. The molecule has 146 valence electrons. The molecule has 2 heterocycles. The van der Waals surface area contributed by atoms with Crippen LogP contribution in [-0.2, 0) is 24.7 Å². The number of amides is 2. The van der Waals surface area contributed by atoms with Gasteiger partial charge in [-0.2, -0.15) is 5.26 Å². The van der Waals surface area contributed by atoms with Gasteiger partial charge < -0.3 is 15.6 Å². The van der Waals surface area contributed by atoms with Crippen molar-refractivity contribution in [2.24, 2.45) is 12.8 Å². The predicted molar refractivity (Wildman–Crippen MR) is 115 cm³/mol. The smallest absolute Gasteiger partial charge is 0.266 e. The SMILES string of the molecule is Cn1cc(/C=C(\C#N)C(=O)Nc2sc3c(c2C(N)=O)CCCC3)c2ccccc21. The zero-order valence-corrected chi connectivity index (χ0v) is 16.8. The van der Waals surface area contributed by atoms with Crippen LogP contribution in [0, 0.1) is 11.3 Å². The quantitative estimate of drug-likeness (QED) is 0.511. The molecule has 3 N–H and O–H groups in total. The van der Waals surface area contributed by atoms with E-state index >= 15 is 0 Å². The van der Waals surface area contributed by atoms with Gasteiger partial charge in [-0.25, -0.2) is 0 Å². The number of nitrogens with one attached hydrogen (secondary N) is 1. The number of nitrogens with two attached hydrogens (primary N) is 1. The first-order chi connectivity index (χ1) is 14.0. The highest BCUT2D eigenvalue weighted by atomic mass is 32.1. The molecule has 1 aromatic carbocycles. The highest BCUT2D eigenvalue weighted by Crippen LogP contribution is 2.38. The summed E-state index contributed by atoms with van der Waals surface area (Å²) in [4.78, 5) is 25.9. The number of aryl methyl sites for hydroxylation is 2. The zero-order valence-electron chi connectivity index (χ0n) is 16.0.